The van der Waals surface area contributed by atoms with Crippen molar-refractivity contribution in [2.45, 2.75) is 33.1 Å². The number of ether oxygens (including phenoxy) is 1. The Morgan fingerprint density at radius 2 is 1.75 bits per heavy atom. The van der Waals surface area contributed by atoms with E-state index in [0.29, 0.717) is 5.75 Å². The summed E-state index contributed by atoms with van der Waals surface area (Å²) in [5.74, 6) is -0.158. The van der Waals surface area contributed by atoms with E-state index in [1.54, 1.807) is 12.1 Å². The molecule has 24 heavy (non-hydrogen) atoms. The van der Waals surface area contributed by atoms with Crippen molar-refractivity contribution in [3.8, 4) is 5.75 Å². The van der Waals surface area contributed by atoms with Crippen molar-refractivity contribution < 1.29 is 22.7 Å². The molecule has 0 aliphatic heterocycles. The molecule has 0 aliphatic carbocycles. The van der Waals surface area contributed by atoms with Gasteiger partial charge in [0.1, 0.15) is 5.75 Å². The SMILES string of the molecule is Cc1ccc(O[C@H](C)C(=O)Nc2ccccc2C(F)(F)F)cc1C. The molecular formula is C18H18F3NO2. The number of alkyl halides is 3. The summed E-state index contributed by atoms with van der Waals surface area (Å²) in [4.78, 5) is 12.1. The van der Waals surface area contributed by atoms with Crippen LogP contribution in [0.15, 0.2) is 42.5 Å². The Bertz CT molecular complexity index is 741. The maximum Gasteiger partial charge on any atom is 0.418 e. The Morgan fingerprint density at radius 1 is 1.08 bits per heavy atom. The Hall–Kier alpha value is -2.50. The van der Waals surface area contributed by atoms with E-state index in [-0.39, 0.29) is 5.69 Å². The summed E-state index contributed by atoms with van der Waals surface area (Å²) in [5.41, 5.74) is 0.906. The van der Waals surface area contributed by atoms with E-state index >= 15 is 0 Å². The van der Waals surface area contributed by atoms with Crippen LogP contribution >= 0.6 is 0 Å². The lowest BCUT2D eigenvalue weighted by Gasteiger charge is -2.18. The normalized spacial score (nSPS) is 12.6. The summed E-state index contributed by atoms with van der Waals surface area (Å²) >= 11 is 0. The molecule has 2 aromatic carbocycles. The molecule has 128 valence electrons. The zero-order valence-corrected chi connectivity index (χ0v) is 13.6. The first-order valence-electron chi connectivity index (χ1n) is 7.39. The molecule has 0 aromatic heterocycles. The number of nitrogens with one attached hydrogen (secondary N) is 1. The number of para-hydroxylation sites is 1. The molecule has 0 saturated carbocycles. The molecule has 0 aliphatic rings. The molecular weight excluding hydrogens is 319 g/mol. The minimum absolute atomic E-state index is 0.287. The smallest absolute Gasteiger partial charge is 0.418 e. The number of anilines is 1. The van der Waals surface area contributed by atoms with E-state index in [4.69, 9.17) is 4.74 Å². The van der Waals surface area contributed by atoms with Crippen LogP contribution in [0, 0.1) is 13.8 Å². The van der Waals surface area contributed by atoms with Gasteiger partial charge in [0, 0.05) is 0 Å². The van der Waals surface area contributed by atoms with Crippen molar-refractivity contribution in [3.63, 3.8) is 0 Å². The molecule has 2 rings (SSSR count). The fourth-order valence-electron chi connectivity index (χ4n) is 2.12. The first kappa shape index (κ1) is 17.8. The molecule has 0 fully saturated rings. The predicted octanol–water partition coefficient (Wildman–Crippen LogP) is 4.73. The molecule has 2 aromatic rings. The molecule has 0 heterocycles. The molecule has 1 N–H and O–H groups in total. The van der Waals surface area contributed by atoms with Crippen LogP contribution in [0.25, 0.3) is 0 Å². The number of rotatable bonds is 4. The number of hydrogen-bond donors (Lipinski definition) is 1. The lowest BCUT2D eigenvalue weighted by Crippen LogP contribution is -2.31. The highest BCUT2D eigenvalue weighted by Crippen LogP contribution is 2.34. The number of aryl methyl sites for hydroxylation is 2. The molecule has 0 unspecified atom stereocenters. The first-order valence-corrected chi connectivity index (χ1v) is 7.39. The van der Waals surface area contributed by atoms with Crippen molar-refractivity contribution >= 4 is 11.6 Å². The fourth-order valence-corrected chi connectivity index (χ4v) is 2.12. The summed E-state index contributed by atoms with van der Waals surface area (Å²) < 4.78 is 44.4. The Labute approximate surface area is 138 Å². The summed E-state index contributed by atoms with van der Waals surface area (Å²) in [6.45, 7) is 5.34. The molecule has 0 saturated heterocycles. The largest absolute Gasteiger partial charge is 0.481 e. The minimum Gasteiger partial charge on any atom is -0.481 e. The van der Waals surface area contributed by atoms with Crippen molar-refractivity contribution in [2.24, 2.45) is 0 Å². The van der Waals surface area contributed by atoms with Gasteiger partial charge in [0.05, 0.1) is 11.3 Å². The summed E-state index contributed by atoms with van der Waals surface area (Å²) in [6, 6.07) is 10.2. The van der Waals surface area contributed by atoms with Gasteiger partial charge in [-0.2, -0.15) is 13.2 Å². The van der Waals surface area contributed by atoms with Crippen LogP contribution < -0.4 is 10.1 Å². The highest BCUT2D eigenvalue weighted by atomic mass is 19.4. The Morgan fingerprint density at radius 3 is 2.38 bits per heavy atom. The molecule has 3 nitrogen and oxygen atoms in total. The van der Waals surface area contributed by atoms with Gasteiger partial charge in [-0.3, -0.25) is 4.79 Å². The number of carbonyl (C=O) groups excluding carboxylic acids is 1. The maximum absolute atomic E-state index is 12.9. The second-order valence-corrected chi connectivity index (χ2v) is 5.54. The van der Waals surface area contributed by atoms with Crippen molar-refractivity contribution in [1.82, 2.24) is 0 Å². The van der Waals surface area contributed by atoms with E-state index in [1.165, 1.54) is 25.1 Å². The van der Waals surface area contributed by atoms with Gasteiger partial charge in [-0.1, -0.05) is 18.2 Å². The molecule has 0 spiro atoms. The number of benzene rings is 2. The van der Waals surface area contributed by atoms with Crippen LogP contribution in [-0.2, 0) is 11.0 Å². The van der Waals surface area contributed by atoms with Crippen LogP contribution in [0.1, 0.15) is 23.6 Å². The van der Waals surface area contributed by atoms with Crippen molar-refractivity contribution in [1.29, 1.82) is 0 Å². The standard InChI is InChI=1S/C18H18F3NO2/c1-11-8-9-14(10-12(11)2)24-13(3)17(23)22-16-7-5-4-6-15(16)18(19,20)21/h4-10,13H,1-3H3,(H,22,23)/t13-/m1/s1. The molecule has 0 radical (unpaired) electrons. The third-order valence-electron chi connectivity index (χ3n) is 3.65. The number of hydrogen-bond acceptors (Lipinski definition) is 2. The van der Waals surface area contributed by atoms with Gasteiger partial charge in [0.15, 0.2) is 6.10 Å². The highest BCUT2D eigenvalue weighted by molar-refractivity contribution is 5.94. The lowest BCUT2D eigenvalue weighted by atomic mass is 10.1. The molecule has 1 amide bonds. The maximum atomic E-state index is 12.9. The van der Waals surface area contributed by atoms with Gasteiger partial charge < -0.3 is 10.1 Å². The summed E-state index contributed by atoms with van der Waals surface area (Å²) in [7, 11) is 0. The Kier molecular flexibility index (Phi) is 5.17. The van der Waals surface area contributed by atoms with Gasteiger partial charge in [-0.15, -0.1) is 0 Å². The molecule has 0 bridgehead atoms. The zero-order valence-electron chi connectivity index (χ0n) is 13.6. The van der Waals surface area contributed by atoms with E-state index in [1.807, 2.05) is 19.9 Å². The number of halogens is 3. The molecule has 1 atom stereocenters. The van der Waals surface area contributed by atoms with E-state index in [9.17, 15) is 18.0 Å². The van der Waals surface area contributed by atoms with Crippen LogP contribution in [0.5, 0.6) is 5.75 Å². The summed E-state index contributed by atoms with van der Waals surface area (Å²) in [5, 5.41) is 2.28. The second-order valence-electron chi connectivity index (χ2n) is 5.54. The van der Waals surface area contributed by atoms with E-state index in [2.05, 4.69) is 5.32 Å². The van der Waals surface area contributed by atoms with Gasteiger partial charge in [-0.25, -0.2) is 0 Å². The lowest BCUT2D eigenvalue weighted by molar-refractivity contribution is -0.137. The zero-order chi connectivity index (χ0) is 17.9. The van der Waals surface area contributed by atoms with Crippen LogP contribution in [0.2, 0.25) is 0 Å². The predicted molar refractivity (Wildman–Crippen MR) is 86.1 cm³/mol. The third kappa shape index (κ3) is 4.28. The van der Waals surface area contributed by atoms with Gasteiger partial charge in [0.25, 0.3) is 5.91 Å². The van der Waals surface area contributed by atoms with Crippen molar-refractivity contribution in [3.05, 3.63) is 59.2 Å². The van der Waals surface area contributed by atoms with Gasteiger partial charge >= 0.3 is 6.18 Å². The summed E-state index contributed by atoms with van der Waals surface area (Å²) in [6.07, 6.45) is -5.48. The quantitative estimate of drug-likeness (QED) is 0.876. The molecule has 6 heteroatoms. The fraction of sp³-hybridized carbons (Fsp3) is 0.278. The van der Waals surface area contributed by atoms with Crippen LogP contribution in [0.3, 0.4) is 0 Å². The number of carbonyl (C=O) groups is 1. The van der Waals surface area contributed by atoms with E-state index < -0.39 is 23.8 Å². The minimum atomic E-state index is -4.54. The van der Waals surface area contributed by atoms with Crippen molar-refractivity contribution in [2.75, 3.05) is 5.32 Å². The van der Waals surface area contributed by atoms with Crippen LogP contribution in [-0.4, -0.2) is 12.0 Å². The number of amides is 1. The monoisotopic (exact) mass is 337 g/mol. The average molecular weight is 337 g/mol. The second kappa shape index (κ2) is 6.95. The van der Waals surface area contributed by atoms with Gasteiger partial charge in [-0.05, 0) is 56.2 Å². The average Bonchev–Trinajstić information content (AvgIpc) is 2.50. The highest BCUT2D eigenvalue weighted by Gasteiger charge is 2.34. The van der Waals surface area contributed by atoms with E-state index in [0.717, 1.165) is 17.2 Å². The first-order chi connectivity index (χ1) is 11.2. The Balaban J connectivity index is 2.11. The topological polar surface area (TPSA) is 38.3 Å². The van der Waals surface area contributed by atoms with Crippen LogP contribution in [0.4, 0.5) is 18.9 Å². The van der Waals surface area contributed by atoms with Gasteiger partial charge in [0.2, 0.25) is 0 Å². The third-order valence-corrected chi connectivity index (χ3v) is 3.65.